The summed E-state index contributed by atoms with van der Waals surface area (Å²) in [5.74, 6) is 0. The molecule has 7 nitrogen and oxygen atoms in total. The molecule has 2 aromatic rings. The standard InChI is InChI=1S/C10H7N3O4S/c14-9-8(13(16)17)7(11-10(15)12-9)2-1-6-3-4-18-5-6/h1-5H,(H2,11,12,14,15)/b2-1+. The molecular weight excluding hydrogens is 258 g/mol. The van der Waals surface area contributed by atoms with Crippen LogP contribution in [0.2, 0.25) is 0 Å². The number of nitro groups is 1. The van der Waals surface area contributed by atoms with Gasteiger partial charge in [0.2, 0.25) is 0 Å². The molecule has 0 amide bonds. The lowest BCUT2D eigenvalue weighted by Crippen LogP contribution is -2.25. The average Bonchev–Trinajstić information content (AvgIpc) is 2.77. The van der Waals surface area contributed by atoms with Crippen molar-refractivity contribution in [3.63, 3.8) is 0 Å². The van der Waals surface area contributed by atoms with Crippen LogP contribution in [-0.2, 0) is 0 Å². The molecule has 0 aliphatic heterocycles. The van der Waals surface area contributed by atoms with Crippen molar-refractivity contribution in [2.24, 2.45) is 0 Å². The number of nitrogens with zero attached hydrogens (tertiary/aromatic N) is 1. The van der Waals surface area contributed by atoms with Gasteiger partial charge in [0.25, 0.3) is 0 Å². The Balaban J connectivity index is 2.53. The second-order valence-corrected chi connectivity index (χ2v) is 4.10. The third-order valence-electron chi connectivity index (χ3n) is 2.11. The summed E-state index contributed by atoms with van der Waals surface area (Å²) in [5.41, 5.74) is -1.78. The topological polar surface area (TPSA) is 109 Å². The second-order valence-electron chi connectivity index (χ2n) is 3.32. The highest BCUT2D eigenvalue weighted by Gasteiger charge is 2.18. The van der Waals surface area contributed by atoms with E-state index in [2.05, 4.69) is 4.98 Å². The van der Waals surface area contributed by atoms with Crippen molar-refractivity contribution in [2.45, 2.75) is 0 Å². The van der Waals surface area contributed by atoms with Gasteiger partial charge in [-0.3, -0.25) is 19.9 Å². The summed E-state index contributed by atoms with van der Waals surface area (Å²) >= 11 is 1.47. The minimum Gasteiger partial charge on any atom is -0.301 e. The molecule has 2 N–H and O–H groups in total. The zero-order valence-electron chi connectivity index (χ0n) is 8.88. The summed E-state index contributed by atoms with van der Waals surface area (Å²) in [6.45, 7) is 0. The van der Waals surface area contributed by atoms with Gasteiger partial charge in [-0.05, 0) is 28.5 Å². The first-order valence-electron chi connectivity index (χ1n) is 4.79. The van der Waals surface area contributed by atoms with Crippen LogP contribution >= 0.6 is 11.3 Å². The van der Waals surface area contributed by atoms with Crippen LogP contribution < -0.4 is 11.2 Å². The zero-order chi connectivity index (χ0) is 13.1. The first-order chi connectivity index (χ1) is 8.58. The zero-order valence-corrected chi connectivity index (χ0v) is 9.69. The van der Waals surface area contributed by atoms with Crippen LogP contribution in [0.4, 0.5) is 5.69 Å². The van der Waals surface area contributed by atoms with Gasteiger partial charge in [-0.2, -0.15) is 11.3 Å². The molecule has 0 atom stereocenters. The van der Waals surface area contributed by atoms with Gasteiger partial charge >= 0.3 is 16.9 Å². The van der Waals surface area contributed by atoms with Gasteiger partial charge in [0.05, 0.1) is 4.92 Å². The van der Waals surface area contributed by atoms with E-state index >= 15 is 0 Å². The molecule has 0 unspecified atom stereocenters. The fourth-order valence-electron chi connectivity index (χ4n) is 1.35. The van der Waals surface area contributed by atoms with E-state index in [1.165, 1.54) is 17.4 Å². The molecule has 0 radical (unpaired) electrons. The highest BCUT2D eigenvalue weighted by Crippen LogP contribution is 2.14. The molecule has 0 aliphatic carbocycles. The first kappa shape index (κ1) is 12.0. The number of aromatic nitrogens is 2. The number of hydrogen-bond acceptors (Lipinski definition) is 5. The molecular formula is C10H7N3O4S. The van der Waals surface area contributed by atoms with Crippen molar-refractivity contribution in [1.82, 2.24) is 9.97 Å². The Morgan fingerprint density at radius 2 is 2.06 bits per heavy atom. The Hall–Kier alpha value is -2.48. The van der Waals surface area contributed by atoms with Gasteiger partial charge < -0.3 is 4.98 Å². The lowest BCUT2D eigenvalue weighted by Gasteiger charge is -1.95. The number of hydrogen-bond donors (Lipinski definition) is 2. The maximum atomic E-state index is 11.3. The van der Waals surface area contributed by atoms with Gasteiger partial charge in [0, 0.05) is 0 Å². The van der Waals surface area contributed by atoms with Crippen molar-refractivity contribution in [2.75, 3.05) is 0 Å². The predicted octanol–water partition coefficient (Wildman–Crippen LogP) is 1.20. The molecule has 0 aliphatic rings. The molecule has 0 bridgehead atoms. The molecule has 0 saturated carbocycles. The van der Waals surface area contributed by atoms with E-state index in [0.29, 0.717) is 0 Å². The van der Waals surface area contributed by atoms with Gasteiger partial charge in [-0.1, -0.05) is 6.08 Å². The van der Waals surface area contributed by atoms with Crippen molar-refractivity contribution in [3.05, 3.63) is 59.0 Å². The predicted molar refractivity (Wildman–Crippen MR) is 67.6 cm³/mol. The maximum Gasteiger partial charge on any atom is 0.357 e. The Labute approximate surface area is 104 Å². The van der Waals surface area contributed by atoms with Gasteiger partial charge in [0.15, 0.2) is 0 Å². The van der Waals surface area contributed by atoms with Crippen LogP contribution in [0.5, 0.6) is 0 Å². The van der Waals surface area contributed by atoms with E-state index in [-0.39, 0.29) is 5.69 Å². The van der Waals surface area contributed by atoms with E-state index in [9.17, 15) is 19.7 Å². The molecule has 2 aromatic heterocycles. The minimum atomic E-state index is -1.02. The Morgan fingerprint density at radius 1 is 1.28 bits per heavy atom. The summed E-state index contributed by atoms with van der Waals surface area (Å²) in [6.07, 6.45) is 2.91. The Bertz CT molecular complexity index is 711. The quantitative estimate of drug-likeness (QED) is 0.642. The summed E-state index contributed by atoms with van der Waals surface area (Å²) in [6, 6.07) is 1.80. The van der Waals surface area contributed by atoms with Crippen molar-refractivity contribution in [3.8, 4) is 0 Å². The fraction of sp³-hybridized carbons (Fsp3) is 0. The Morgan fingerprint density at radius 3 is 2.67 bits per heavy atom. The normalized spacial score (nSPS) is 10.9. The number of rotatable bonds is 3. The molecule has 0 spiro atoms. The SMILES string of the molecule is O=c1[nH]c(/C=C/c2ccsc2)c([N+](=O)[O-])c(=O)[nH]1. The van der Waals surface area contributed by atoms with E-state index in [4.69, 9.17) is 0 Å². The molecule has 18 heavy (non-hydrogen) atoms. The van der Waals surface area contributed by atoms with E-state index in [1.807, 2.05) is 15.7 Å². The molecule has 0 fully saturated rings. The highest BCUT2D eigenvalue weighted by atomic mass is 32.1. The largest absolute Gasteiger partial charge is 0.357 e. The summed E-state index contributed by atoms with van der Waals surface area (Å²) in [5, 5.41) is 14.4. The van der Waals surface area contributed by atoms with E-state index < -0.39 is 21.9 Å². The molecule has 0 saturated heterocycles. The highest BCUT2D eigenvalue weighted by molar-refractivity contribution is 7.08. The summed E-state index contributed by atoms with van der Waals surface area (Å²) in [4.78, 5) is 36.3. The van der Waals surface area contributed by atoms with E-state index in [0.717, 1.165) is 5.56 Å². The first-order valence-corrected chi connectivity index (χ1v) is 5.73. The number of thiophene rings is 1. The van der Waals surface area contributed by atoms with E-state index in [1.54, 1.807) is 12.1 Å². The second kappa shape index (κ2) is 4.80. The molecule has 0 aromatic carbocycles. The van der Waals surface area contributed by atoms with Crippen molar-refractivity contribution >= 4 is 29.2 Å². The Kier molecular flexibility index (Phi) is 3.20. The fourth-order valence-corrected chi connectivity index (χ4v) is 1.98. The lowest BCUT2D eigenvalue weighted by molar-refractivity contribution is -0.386. The average molecular weight is 265 g/mol. The van der Waals surface area contributed by atoms with Gasteiger partial charge in [0.1, 0.15) is 5.69 Å². The molecule has 8 heteroatoms. The third-order valence-corrected chi connectivity index (χ3v) is 2.82. The van der Waals surface area contributed by atoms with Crippen molar-refractivity contribution < 1.29 is 4.92 Å². The molecule has 92 valence electrons. The summed E-state index contributed by atoms with van der Waals surface area (Å²) < 4.78 is 0. The van der Waals surface area contributed by atoms with Gasteiger partial charge in [-0.15, -0.1) is 0 Å². The molecule has 2 heterocycles. The number of aromatic amines is 2. The number of nitrogens with one attached hydrogen (secondary N) is 2. The van der Waals surface area contributed by atoms with Crippen LogP contribution in [0, 0.1) is 10.1 Å². The maximum absolute atomic E-state index is 11.3. The van der Waals surface area contributed by atoms with Crippen LogP contribution in [0.1, 0.15) is 11.3 Å². The van der Waals surface area contributed by atoms with Gasteiger partial charge in [-0.25, -0.2) is 4.79 Å². The minimum absolute atomic E-state index is 0.125. The van der Waals surface area contributed by atoms with Crippen LogP contribution in [-0.4, -0.2) is 14.9 Å². The van der Waals surface area contributed by atoms with Crippen LogP contribution in [0.3, 0.4) is 0 Å². The van der Waals surface area contributed by atoms with Crippen LogP contribution in [0.15, 0.2) is 26.4 Å². The monoisotopic (exact) mass is 265 g/mol. The third kappa shape index (κ3) is 2.43. The van der Waals surface area contributed by atoms with Crippen LogP contribution in [0.25, 0.3) is 12.2 Å². The smallest absolute Gasteiger partial charge is 0.301 e. The summed E-state index contributed by atoms with van der Waals surface area (Å²) in [7, 11) is 0. The lowest BCUT2D eigenvalue weighted by atomic mass is 10.2. The molecule has 2 rings (SSSR count). The number of H-pyrrole nitrogens is 2. The van der Waals surface area contributed by atoms with Crippen molar-refractivity contribution in [1.29, 1.82) is 0 Å².